The molecule has 3 amide bonds. The third kappa shape index (κ3) is 3.24. The number of carbonyl (C=O) groups excluding carboxylic acids is 2. The zero-order valence-corrected chi connectivity index (χ0v) is 17.7. The van der Waals surface area contributed by atoms with E-state index in [4.69, 9.17) is 4.98 Å². The van der Waals surface area contributed by atoms with Crippen molar-refractivity contribution in [1.82, 2.24) is 20.1 Å². The van der Waals surface area contributed by atoms with Crippen LogP contribution in [0.25, 0.3) is 10.2 Å². The molecule has 0 bridgehead atoms. The third-order valence-corrected chi connectivity index (χ3v) is 8.21. The molecule has 1 saturated carbocycles. The van der Waals surface area contributed by atoms with E-state index < -0.39 is 5.54 Å². The molecule has 2 aliphatic heterocycles. The maximum Gasteiger partial charge on any atom is 0.326 e. The third-order valence-electron chi connectivity index (χ3n) is 7.01. The monoisotopic (exact) mass is 412 g/mol. The van der Waals surface area contributed by atoms with Crippen LogP contribution in [0.5, 0.6) is 0 Å². The molecular weight excluding hydrogens is 384 g/mol. The van der Waals surface area contributed by atoms with Crippen molar-refractivity contribution in [2.45, 2.75) is 56.9 Å². The molecule has 3 atom stereocenters. The van der Waals surface area contributed by atoms with Gasteiger partial charge < -0.3 is 5.32 Å². The number of benzene rings is 1. The standard InChI is InChI=1S/C22H28N4O2S/c1-15-7-4-5-11-22(15)20(27)26(21(28)24-22)14-25-12-6-8-16(13-25)19-23-17-9-2-3-10-18(17)29-19/h2-3,9-10,15-16H,4-8,11-14H2,1H3,(H,24,28)/t15-,16+,22+/m1/s1. The molecule has 7 heteroatoms. The first-order chi connectivity index (χ1) is 14.1. The van der Waals surface area contributed by atoms with E-state index in [1.165, 1.54) is 14.6 Å². The summed E-state index contributed by atoms with van der Waals surface area (Å²) >= 11 is 1.77. The fourth-order valence-corrected chi connectivity index (χ4v) is 6.37. The van der Waals surface area contributed by atoms with Crippen LogP contribution in [0.2, 0.25) is 0 Å². The Labute approximate surface area is 175 Å². The van der Waals surface area contributed by atoms with Crippen molar-refractivity contribution in [3.8, 4) is 0 Å². The van der Waals surface area contributed by atoms with Gasteiger partial charge in [0.1, 0.15) is 5.54 Å². The molecule has 0 unspecified atom stereocenters. The molecule has 29 heavy (non-hydrogen) atoms. The van der Waals surface area contributed by atoms with Crippen LogP contribution in [-0.4, -0.2) is 52.0 Å². The number of para-hydroxylation sites is 1. The second-order valence-corrected chi connectivity index (χ2v) is 9.92. The molecule has 5 rings (SSSR count). The summed E-state index contributed by atoms with van der Waals surface area (Å²) in [5, 5.41) is 4.24. The molecule has 1 aromatic carbocycles. The number of urea groups is 1. The molecule has 3 heterocycles. The number of carbonyl (C=O) groups is 2. The Morgan fingerprint density at radius 2 is 2.07 bits per heavy atom. The zero-order valence-electron chi connectivity index (χ0n) is 16.9. The fraction of sp³-hybridized carbons (Fsp3) is 0.591. The Balaban J connectivity index is 1.30. The number of rotatable bonds is 3. The van der Waals surface area contributed by atoms with Gasteiger partial charge in [-0.05, 0) is 50.3 Å². The summed E-state index contributed by atoms with van der Waals surface area (Å²) in [5.74, 6) is 0.552. The number of hydrogen-bond donors (Lipinski definition) is 1. The molecule has 154 valence electrons. The number of likely N-dealkylation sites (tertiary alicyclic amines) is 1. The van der Waals surface area contributed by atoms with Gasteiger partial charge in [-0.25, -0.2) is 14.7 Å². The Hall–Kier alpha value is -1.99. The molecule has 3 aliphatic rings. The number of aromatic nitrogens is 1. The maximum atomic E-state index is 13.3. The van der Waals surface area contributed by atoms with Gasteiger partial charge in [-0.1, -0.05) is 31.9 Å². The summed E-state index contributed by atoms with van der Waals surface area (Å²) in [4.78, 5) is 34.5. The van der Waals surface area contributed by atoms with Gasteiger partial charge in [0.05, 0.1) is 21.9 Å². The summed E-state index contributed by atoms with van der Waals surface area (Å²) < 4.78 is 1.22. The molecule has 2 saturated heterocycles. The number of nitrogens with zero attached hydrogens (tertiary/aromatic N) is 3. The van der Waals surface area contributed by atoms with Crippen LogP contribution >= 0.6 is 11.3 Å². The van der Waals surface area contributed by atoms with Gasteiger partial charge in [0.2, 0.25) is 0 Å². The molecule has 1 spiro atoms. The van der Waals surface area contributed by atoms with Gasteiger partial charge in [-0.15, -0.1) is 11.3 Å². The number of piperidine rings is 1. The predicted octanol–water partition coefficient (Wildman–Crippen LogP) is 3.93. The Kier molecular flexibility index (Phi) is 4.82. The summed E-state index contributed by atoms with van der Waals surface area (Å²) in [6.07, 6.45) is 6.09. The van der Waals surface area contributed by atoms with Crippen LogP contribution in [0.3, 0.4) is 0 Å². The number of fused-ring (bicyclic) bond motifs is 1. The van der Waals surface area contributed by atoms with E-state index in [0.29, 0.717) is 12.6 Å². The second kappa shape index (κ2) is 7.36. The predicted molar refractivity (Wildman–Crippen MR) is 114 cm³/mol. The van der Waals surface area contributed by atoms with Gasteiger partial charge in [-0.2, -0.15) is 0 Å². The highest BCUT2D eigenvalue weighted by Crippen LogP contribution is 2.39. The number of imide groups is 1. The van der Waals surface area contributed by atoms with Gasteiger partial charge in [0.25, 0.3) is 5.91 Å². The van der Waals surface area contributed by atoms with Gasteiger partial charge in [0, 0.05) is 12.5 Å². The van der Waals surface area contributed by atoms with Crippen LogP contribution in [0.15, 0.2) is 24.3 Å². The number of nitrogens with one attached hydrogen (secondary N) is 1. The minimum atomic E-state index is -0.669. The minimum absolute atomic E-state index is 0.0168. The first-order valence-electron chi connectivity index (χ1n) is 10.8. The van der Waals surface area contributed by atoms with Gasteiger partial charge in [-0.3, -0.25) is 9.69 Å². The van der Waals surface area contributed by atoms with Crippen molar-refractivity contribution in [2.24, 2.45) is 5.92 Å². The van der Waals surface area contributed by atoms with Crippen LogP contribution < -0.4 is 5.32 Å². The van der Waals surface area contributed by atoms with E-state index in [0.717, 1.165) is 57.1 Å². The lowest BCUT2D eigenvalue weighted by Crippen LogP contribution is -2.54. The molecule has 1 N–H and O–H groups in total. The Morgan fingerprint density at radius 3 is 2.90 bits per heavy atom. The second-order valence-electron chi connectivity index (χ2n) is 8.86. The summed E-state index contributed by atoms with van der Waals surface area (Å²) in [5.41, 5.74) is 0.393. The zero-order chi connectivity index (χ0) is 20.0. The van der Waals surface area contributed by atoms with Crippen molar-refractivity contribution in [3.63, 3.8) is 0 Å². The largest absolute Gasteiger partial charge is 0.326 e. The normalized spacial score (nSPS) is 31.0. The first kappa shape index (κ1) is 19.0. The van der Waals surface area contributed by atoms with Crippen molar-refractivity contribution in [1.29, 1.82) is 0 Å². The van der Waals surface area contributed by atoms with E-state index in [2.05, 4.69) is 35.3 Å². The van der Waals surface area contributed by atoms with Crippen molar-refractivity contribution in [2.75, 3.05) is 19.8 Å². The Bertz CT molecular complexity index is 911. The van der Waals surface area contributed by atoms with E-state index in [9.17, 15) is 9.59 Å². The van der Waals surface area contributed by atoms with Gasteiger partial charge in [0.15, 0.2) is 0 Å². The van der Waals surface area contributed by atoms with Crippen molar-refractivity contribution in [3.05, 3.63) is 29.3 Å². The molecule has 3 fully saturated rings. The SMILES string of the molecule is C[C@@H]1CCCC[C@]12NC(=O)N(CN1CCC[C@H](c3nc4ccccc4s3)C1)C2=O. The Morgan fingerprint density at radius 1 is 1.21 bits per heavy atom. The van der Waals surface area contributed by atoms with Crippen LogP contribution in [-0.2, 0) is 4.79 Å². The molecule has 6 nitrogen and oxygen atoms in total. The molecule has 0 radical (unpaired) electrons. The van der Waals surface area contributed by atoms with Gasteiger partial charge >= 0.3 is 6.03 Å². The quantitative estimate of drug-likeness (QED) is 0.776. The van der Waals surface area contributed by atoms with Crippen molar-refractivity contribution >= 4 is 33.5 Å². The summed E-state index contributed by atoms with van der Waals surface area (Å²) in [6.45, 7) is 4.26. The average molecular weight is 413 g/mol. The van der Waals surface area contributed by atoms with Crippen LogP contribution in [0.1, 0.15) is 56.4 Å². The minimum Gasteiger partial charge on any atom is -0.323 e. The van der Waals surface area contributed by atoms with Crippen molar-refractivity contribution < 1.29 is 9.59 Å². The molecule has 1 aromatic heterocycles. The number of thiazole rings is 1. The highest BCUT2D eigenvalue weighted by molar-refractivity contribution is 7.18. The molecule has 1 aliphatic carbocycles. The molecular formula is C22H28N4O2S. The maximum absolute atomic E-state index is 13.3. The topological polar surface area (TPSA) is 65.5 Å². The number of amides is 3. The number of hydrogen-bond acceptors (Lipinski definition) is 5. The lowest BCUT2D eigenvalue weighted by molar-refractivity contribution is -0.135. The summed E-state index contributed by atoms with van der Waals surface area (Å²) in [7, 11) is 0. The first-order valence-corrected chi connectivity index (χ1v) is 11.6. The summed E-state index contributed by atoms with van der Waals surface area (Å²) in [6, 6.07) is 8.05. The highest BCUT2D eigenvalue weighted by Gasteiger charge is 2.55. The smallest absolute Gasteiger partial charge is 0.323 e. The lowest BCUT2D eigenvalue weighted by Gasteiger charge is -2.37. The highest BCUT2D eigenvalue weighted by atomic mass is 32.1. The van der Waals surface area contributed by atoms with Crippen LogP contribution in [0, 0.1) is 5.92 Å². The van der Waals surface area contributed by atoms with Crippen LogP contribution in [0.4, 0.5) is 4.79 Å². The molecule has 2 aromatic rings. The lowest BCUT2D eigenvalue weighted by atomic mass is 9.73. The van der Waals surface area contributed by atoms with E-state index in [1.807, 2.05) is 6.07 Å². The fourth-order valence-electron chi connectivity index (χ4n) is 5.27. The van der Waals surface area contributed by atoms with E-state index in [-0.39, 0.29) is 17.9 Å². The average Bonchev–Trinajstić information content (AvgIpc) is 3.26. The van der Waals surface area contributed by atoms with E-state index in [1.54, 1.807) is 11.3 Å². The van der Waals surface area contributed by atoms with E-state index >= 15 is 0 Å².